The van der Waals surface area contributed by atoms with Crippen LogP contribution in [0.15, 0.2) is 23.2 Å². The van der Waals surface area contributed by atoms with E-state index in [1.54, 1.807) is 18.2 Å². The van der Waals surface area contributed by atoms with E-state index >= 15 is 0 Å². The van der Waals surface area contributed by atoms with Crippen LogP contribution in [-0.4, -0.2) is 18.0 Å². The molecule has 0 spiro atoms. The number of para-hydroxylation sites is 1. The molecule has 1 atom stereocenters. The van der Waals surface area contributed by atoms with Gasteiger partial charge in [0, 0.05) is 6.07 Å². The summed E-state index contributed by atoms with van der Waals surface area (Å²) in [6, 6.07) is 4.95. The zero-order valence-corrected chi connectivity index (χ0v) is 9.19. The number of fused-ring (bicyclic) bond motifs is 1. The molecular formula is C11H11N3O3. The topological polar surface area (TPSA) is 86.0 Å². The van der Waals surface area contributed by atoms with Gasteiger partial charge in [-0.3, -0.25) is 14.7 Å². The number of hydroxylamine groups is 1. The van der Waals surface area contributed by atoms with Gasteiger partial charge in [-0.1, -0.05) is 6.07 Å². The second-order valence-electron chi connectivity index (χ2n) is 3.75. The fraction of sp³-hybridized carbons (Fsp3) is 0.182. The number of anilines is 1. The summed E-state index contributed by atoms with van der Waals surface area (Å²) in [5.41, 5.74) is 1.37. The average molecular weight is 233 g/mol. The average Bonchev–Trinajstić information content (AvgIpc) is 2.61. The molecule has 88 valence electrons. The Kier molecular flexibility index (Phi) is 2.99. The second-order valence-corrected chi connectivity index (χ2v) is 3.75. The van der Waals surface area contributed by atoms with Crippen LogP contribution in [0.25, 0.3) is 0 Å². The Morgan fingerprint density at radius 1 is 1.47 bits per heavy atom. The van der Waals surface area contributed by atoms with E-state index in [0.717, 1.165) is 0 Å². The standard InChI is InChI=1S/C11H11N3O3/c1-7(15)5-10(16)13-8-3-2-4-9-11(8)12-6-14(9)17/h2-4,6,14H,5H2,1H3,(H,13,16). The molecule has 0 bridgehead atoms. The number of ketones is 1. The van der Waals surface area contributed by atoms with Gasteiger partial charge >= 0.3 is 0 Å². The summed E-state index contributed by atoms with van der Waals surface area (Å²) in [7, 11) is 0. The van der Waals surface area contributed by atoms with Crippen LogP contribution in [-0.2, 0) is 9.59 Å². The van der Waals surface area contributed by atoms with Gasteiger partial charge in [0.05, 0.1) is 12.1 Å². The number of nitrogens with zero attached hydrogens (tertiary/aromatic N) is 1. The molecule has 1 aromatic carbocycles. The molecule has 0 aromatic heterocycles. The summed E-state index contributed by atoms with van der Waals surface area (Å²) >= 11 is 0. The predicted molar refractivity (Wildman–Crippen MR) is 62.5 cm³/mol. The van der Waals surface area contributed by atoms with E-state index in [-0.39, 0.29) is 17.3 Å². The molecule has 2 N–H and O–H groups in total. The fourth-order valence-electron chi connectivity index (χ4n) is 1.60. The number of hydrogen-bond donors (Lipinski definition) is 2. The fourth-order valence-corrected chi connectivity index (χ4v) is 1.60. The number of quaternary nitrogens is 1. The van der Waals surface area contributed by atoms with E-state index in [1.165, 1.54) is 13.3 Å². The summed E-state index contributed by atoms with van der Waals surface area (Å²) in [6.07, 6.45) is 1.03. The van der Waals surface area contributed by atoms with Gasteiger partial charge in [-0.2, -0.15) is 4.99 Å². The highest BCUT2D eigenvalue weighted by Gasteiger charge is 2.19. The number of aliphatic imine (C=N–C) groups is 1. The summed E-state index contributed by atoms with van der Waals surface area (Å²) in [5, 5.41) is 13.8. The minimum absolute atomic E-state index is 0.178. The maximum absolute atomic E-state index is 11.4. The molecule has 1 amide bonds. The Morgan fingerprint density at radius 2 is 2.24 bits per heavy atom. The molecule has 1 heterocycles. The zero-order valence-electron chi connectivity index (χ0n) is 9.19. The van der Waals surface area contributed by atoms with Crippen molar-refractivity contribution in [2.75, 3.05) is 5.32 Å². The monoisotopic (exact) mass is 233 g/mol. The lowest BCUT2D eigenvalue weighted by Gasteiger charge is -2.12. The van der Waals surface area contributed by atoms with Gasteiger partial charge in [-0.15, -0.1) is 0 Å². The van der Waals surface area contributed by atoms with Crippen LogP contribution in [0.5, 0.6) is 0 Å². The van der Waals surface area contributed by atoms with E-state index in [4.69, 9.17) is 0 Å². The number of benzene rings is 1. The molecule has 6 heteroatoms. The van der Waals surface area contributed by atoms with Crippen molar-refractivity contribution < 1.29 is 14.7 Å². The van der Waals surface area contributed by atoms with Crippen LogP contribution in [0.4, 0.5) is 17.1 Å². The first-order chi connectivity index (χ1) is 8.08. The van der Waals surface area contributed by atoms with E-state index in [0.29, 0.717) is 17.1 Å². The third-order valence-electron chi connectivity index (χ3n) is 2.30. The van der Waals surface area contributed by atoms with Crippen LogP contribution in [0.1, 0.15) is 13.3 Å². The minimum atomic E-state index is -0.402. The van der Waals surface area contributed by atoms with Crippen molar-refractivity contribution in [2.24, 2.45) is 4.99 Å². The first kappa shape index (κ1) is 11.4. The molecule has 0 radical (unpaired) electrons. The normalized spacial score (nSPS) is 16.7. The Balaban J connectivity index is 2.21. The van der Waals surface area contributed by atoms with Crippen molar-refractivity contribution >= 4 is 35.1 Å². The van der Waals surface area contributed by atoms with Crippen LogP contribution >= 0.6 is 0 Å². The number of Topliss-reactive ketones (excluding diaryl/α,β-unsaturated/α-hetero) is 1. The smallest absolute Gasteiger partial charge is 0.231 e. The maximum Gasteiger partial charge on any atom is 0.231 e. The summed E-state index contributed by atoms with van der Waals surface area (Å²) in [5.74, 6) is -0.616. The van der Waals surface area contributed by atoms with Gasteiger partial charge in [-0.25, -0.2) is 0 Å². The summed E-state index contributed by atoms with van der Waals surface area (Å²) in [4.78, 5) is 26.2. The molecule has 1 aliphatic heterocycles. The Hall–Kier alpha value is -2.05. The van der Waals surface area contributed by atoms with Crippen LogP contribution in [0, 0.1) is 5.21 Å². The maximum atomic E-state index is 11.4. The molecule has 1 aromatic rings. The van der Waals surface area contributed by atoms with E-state index in [9.17, 15) is 14.8 Å². The van der Waals surface area contributed by atoms with Crippen molar-refractivity contribution in [3.63, 3.8) is 0 Å². The lowest BCUT2D eigenvalue weighted by Crippen LogP contribution is -2.99. The largest absolute Gasteiger partial charge is 0.623 e. The highest BCUT2D eigenvalue weighted by molar-refractivity contribution is 6.05. The molecule has 0 saturated carbocycles. The predicted octanol–water partition coefficient (Wildman–Crippen LogP) is 0.292. The lowest BCUT2D eigenvalue weighted by atomic mass is 10.2. The third-order valence-corrected chi connectivity index (χ3v) is 2.30. The number of carbonyl (C=O) groups is 2. The van der Waals surface area contributed by atoms with Crippen LogP contribution < -0.4 is 10.4 Å². The van der Waals surface area contributed by atoms with Crippen LogP contribution in [0.3, 0.4) is 0 Å². The first-order valence-electron chi connectivity index (χ1n) is 5.08. The van der Waals surface area contributed by atoms with Gasteiger partial charge in [0.25, 0.3) is 0 Å². The molecular weight excluding hydrogens is 222 g/mol. The number of carbonyl (C=O) groups excluding carboxylic acids is 2. The van der Waals surface area contributed by atoms with Crippen molar-refractivity contribution in [1.82, 2.24) is 0 Å². The van der Waals surface area contributed by atoms with Crippen molar-refractivity contribution in [3.8, 4) is 0 Å². The van der Waals surface area contributed by atoms with E-state index in [2.05, 4.69) is 10.3 Å². The Morgan fingerprint density at radius 3 is 2.94 bits per heavy atom. The van der Waals surface area contributed by atoms with Crippen molar-refractivity contribution in [3.05, 3.63) is 23.4 Å². The van der Waals surface area contributed by atoms with Crippen molar-refractivity contribution in [2.45, 2.75) is 13.3 Å². The molecule has 0 aliphatic carbocycles. The van der Waals surface area contributed by atoms with Crippen LogP contribution in [0.2, 0.25) is 0 Å². The number of amides is 1. The molecule has 17 heavy (non-hydrogen) atoms. The molecule has 0 saturated heterocycles. The first-order valence-corrected chi connectivity index (χ1v) is 5.08. The highest BCUT2D eigenvalue weighted by atomic mass is 16.5. The number of hydrogen-bond acceptors (Lipinski definition) is 4. The number of rotatable bonds is 3. The molecule has 6 nitrogen and oxygen atoms in total. The summed E-state index contributed by atoms with van der Waals surface area (Å²) < 4.78 is 0. The van der Waals surface area contributed by atoms with Gasteiger partial charge in [-0.05, 0) is 13.0 Å². The lowest BCUT2D eigenvalue weighted by molar-refractivity contribution is -0.655. The zero-order chi connectivity index (χ0) is 12.4. The second kappa shape index (κ2) is 4.44. The van der Waals surface area contributed by atoms with Crippen molar-refractivity contribution in [1.29, 1.82) is 0 Å². The minimum Gasteiger partial charge on any atom is -0.623 e. The molecule has 2 rings (SSSR count). The van der Waals surface area contributed by atoms with Gasteiger partial charge < -0.3 is 10.5 Å². The third kappa shape index (κ3) is 2.38. The highest BCUT2D eigenvalue weighted by Crippen LogP contribution is 2.32. The quantitative estimate of drug-likeness (QED) is 0.581. The Bertz CT molecular complexity index is 511. The molecule has 1 aliphatic rings. The summed E-state index contributed by atoms with van der Waals surface area (Å²) in [6.45, 7) is 1.34. The molecule has 0 fully saturated rings. The van der Waals surface area contributed by atoms with Gasteiger partial charge in [0.2, 0.25) is 5.91 Å². The van der Waals surface area contributed by atoms with E-state index in [1.807, 2.05) is 0 Å². The van der Waals surface area contributed by atoms with E-state index < -0.39 is 5.91 Å². The Labute approximate surface area is 97.5 Å². The van der Waals surface area contributed by atoms with Gasteiger partial charge in [0.15, 0.2) is 17.7 Å². The molecule has 1 unspecified atom stereocenters. The SMILES string of the molecule is CC(=O)CC(=O)Nc1cccc2c1N=C[NH+]2[O-]. The van der Waals surface area contributed by atoms with Gasteiger partial charge in [0.1, 0.15) is 5.78 Å². The number of nitrogens with one attached hydrogen (secondary N) is 2.